The van der Waals surface area contributed by atoms with E-state index in [0.717, 1.165) is 57.7 Å². The average molecular weight is 1380 g/mol. The van der Waals surface area contributed by atoms with Crippen LogP contribution in [0.3, 0.4) is 0 Å². The van der Waals surface area contributed by atoms with Gasteiger partial charge in [-0.3, -0.25) is 19.2 Å². The summed E-state index contributed by atoms with van der Waals surface area (Å²) in [5, 5.41) is -1.61. The van der Waals surface area contributed by atoms with Gasteiger partial charge in [0.2, 0.25) is 11.8 Å². The summed E-state index contributed by atoms with van der Waals surface area (Å²) in [7, 11) is 0. The normalized spacial score (nSPS) is 20.7. The number of alkyl halides is 6. The summed E-state index contributed by atoms with van der Waals surface area (Å²) >= 11 is -0.000336. The number of amides is 2. The van der Waals surface area contributed by atoms with Crippen molar-refractivity contribution in [2.75, 3.05) is 52.2 Å². The van der Waals surface area contributed by atoms with E-state index >= 15 is 4.79 Å². The Morgan fingerprint density at radius 2 is 1.04 bits per heavy atom. The highest BCUT2D eigenvalue weighted by molar-refractivity contribution is 7.98. The third-order valence-electron chi connectivity index (χ3n) is 14.0. The van der Waals surface area contributed by atoms with E-state index in [1.54, 1.807) is 0 Å². The maximum Gasteiger partial charge on any atom is 0.416 e. The standard InChI is InChI=1S/C37H40F4N4O2S.C36H38F4N4O2S/c1-4-43(5-2)19-20-44(22-26-9-13-28(14-10-26)29-15-18-32(25(3)21-29)37(39,40)41)34(46)23-45-33-8-6-7-31(33)35(47)42-36(45)48-24-27-11-16-30(38)17-12-27;1-3-42(4-2)20-21-43(22-25-8-12-27(13-9-25)28-14-16-29(17-15-28)36(38,39)40)33(45)23-44-32-7-5-6-31(32)34(46)41-35(44)47-24-26-10-18-30(37)19-11-26/h9-18,21H,4-8,19-20,22-24H2,1-3H3;8-19H,3-7,20-24H2,1-2H3/i6D2,7D2,8D2,9D,10D,13D,14D,15D,18D,19D2,20D2,21D,22D2,24D2;10D,11D,18D,19D,20D2,21D2,22D2,24D2. The smallest absolute Gasteiger partial charge is 0.336 e. The topological polar surface area (TPSA) is 117 Å². The number of rotatable bonds is 26. The first-order valence-corrected chi connectivity index (χ1v) is 30.5. The van der Waals surface area contributed by atoms with E-state index in [-0.39, 0.29) is 94.4 Å². The molecule has 2 aromatic heterocycles. The van der Waals surface area contributed by atoms with Crippen LogP contribution in [0.5, 0.6) is 0 Å². The number of aromatic nitrogens is 4. The molecular formula is C73H78F8N8O4S2. The van der Waals surface area contributed by atoms with Crippen LogP contribution < -0.4 is 11.1 Å². The summed E-state index contributed by atoms with van der Waals surface area (Å²) in [5.41, 5.74) is -18.9. The molecule has 0 aliphatic heterocycles. The molecule has 2 heterocycles. The van der Waals surface area contributed by atoms with Crippen molar-refractivity contribution >= 4 is 35.3 Å². The second-order valence-corrected chi connectivity index (χ2v) is 21.7. The SMILES string of the molecule is [2H]c1c([2H])c(C([2H])([2H])N(C(=O)Cn2c(SC([2H])([2H])c3ccc(F)cc3)nc(=O)c3c2C([2H])([2H])C([2H])([2H])C3([2H])[2H])C([2H])([2H])C([2H])([2H])N(CC)CC)c([2H])c([2H])c1-c1c([2H])c([2H])c(C(F)(F)F)c(C)c1[2H].[2H]c1c([2H])c(C([2H])([2H])Sc2nc(=O)c3c(n2CC(=O)N(C([2H])([2H])c2ccc(-c4ccc(C(F)(F)F)cc4)cc2)C([2H])([2H])C([2H])([2H])N(CC)CC)CCC3)c([2H])c([2H])c1F. The summed E-state index contributed by atoms with van der Waals surface area (Å²) in [6, 6.07) is -1.61. The van der Waals surface area contributed by atoms with Crippen molar-refractivity contribution in [3.8, 4) is 22.3 Å². The maximum atomic E-state index is 15.1. The molecule has 6 aromatic carbocycles. The number of carbonyl (C=O) groups is 2. The Kier molecular flexibility index (Phi) is 13.5. The molecule has 0 atom stereocenters. The van der Waals surface area contributed by atoms with Crippen LogP contribution >= 0.6 is 23.5 Å². The molecule has 12 nitrogen and oxygen atoms in total. The minimum absolute atomic E-state index is 0.0672. The van der Waals surface area contributed by atoms with Crippen LogP contribution in [0.4, 0.5) is 35.1 Å². The molecule has 0 unspecified atom stereocenters. The molecule has 2 aliphatic rings. The van der Waals surface area contributed by atoms with Gasteiger partial charge in [-0.25, -0.2) is 8.78 Å². The predicted molar refractivity (Wildman–Crippen MR) is 358 cm³/mol. The van der Waals surface area contributed by atoms with Crippen LogP contribution in [0.2, 0.25) is 0 Å². The largest absolute Gasteiger partial charge is 0.416 e. The highest BCUT2D eigenvalue weighted by Gasteiger charge is 2.33. The molecule has 22 heteroatoms. The monoisotopic (exact) mass is 1380 g/mol. The molecule has 502 valence electrons. The van der Waals surface area contributed by atoms with Crippen molar-refractivity contribution in [3.63, 3.8) is 0 Å². The molecule has 2 aliphatic carbocycles. The third-order valence-corrected chi connectivity index (χ3v) is 15.6. The van der Waals surface area contributed by atoms with E-state index in [2.05, 4.69) is 9.97 Å². The third kappa shape index (κ3) is 19.0. The lowest BCUT2D eigenvalue weighted by atomic mass is 9.98. The second-order valence-electron chi connectivity index (χ2n) is 20.2. The van der Waals surface area contributed by atoms with Crippen LogP contribution in [0.25, 0.3) is 22.3 Å². The maximum absolute atomic E-state index is 15.1. The molecule has 2 amide bonds. The Hall–Kier alpha value is -7.92. The minimum Gasteiger partial charge on any atom is -0.336 e. The molecule has 10 rings (SSSR count). The van der Waals surface area contributed by atoms with Gasteiger partial charge in [-0.2, -0.15) is 36.3 Å². The van der Waals surface area contributed by atoms with Gasteiger partial charge in [0.05, 0.1) is 37.2 Å². The van der Waals surface area contributed by atoms with Crippen molar-refractivity contribution in [1.29, 1.82) is 0 Å². The Labute approximate surface area is 603 Å². The van der Waals surface area contributed by atoms with Crippen LogP contribution in [-0.2, 0) is 85.0 Å². The van der Waals surface area contributed by atoms with Gasteiger partial charge in [0.25, 0.3) is 11.1 Å². The number of hydrogen-bond acceptors (Lipinski definition) is 10. The van der Waals surface area contributed by atoms with E-state index in [0.29, 0.717) is 17.5 Å². The summed E-state index contributed by atoms with van der Waals surface area (Å²) in [5.74, 6) is -5.79. The number of benzene rings is 6. The van der Waals surface area contributed by atoms with Gasteiger partial charge >= 0.3 is 12.4 Å². The molecule has 0 radical (unpaired) electrons. The van der Waals surface area contributed by atoms with Gasteiger partial charge in [0.1, 0.15) is 24.7 Å². The van der Waals surface area contributed by atoms with E-state index in [4.69, 9.17) is 37.0 Å². The van der Waals surface area contributed by atoms with Crippen LogP contribution in [-0.4, -0.2) is 103 Å². The van der Waals surface area contributed by atoms with Crippen molar-refractivity contribution < 1.29 is 89.9 Å². The van der Waals surface area contributed by atoms with Crippen LogP contribution in [0.1, 0.15) is 147 Å². The zero-order chi connectivity index (χ0) is 97.3. The van der Waals surface area contributed by atoms with Crippen LogP contribution in [0.15, 0.2) is 159 Å². The molecule has 0 spiro atoms. The van der Waals surface area contributed by atoms with Crippen molar-refractivity contribution in [2.24, 2.45) is 0 Å². The second kappa shape index (κ2) is 32.7. The predicted octanol–water partition coefficient (Wildman–Crippen LogP) is 14.7. The fourth-order valence-electron chi connectivity index (χ4n) is 9.00. The first-order valence-electron chi connectivity index (χ1n) is 45.3. The van der Waals surface area contributed by atoms with Gasteiger partial charge in [0, 0.05) is 92.1 Å². The fraction of sp³-hybridized carbons (Fsp3) is 0.370. The summed E-state index contributed by atoms with van der Waals surface area (Å²) in [6.07, 6.45) is -20.1. The van der Waals surface area contributed by atoms with Crippen molar-refractivity contribution in [2.45, 2.75) is 133 Å². The summed E-state index contributed by atoms with van der Waals surface area (Å²) in [6.45, 7) is -18.6. The number of likely N-dealkylation sites (N-methyl/N-ethyl adjacent to an activating group) is 2. The van der Waals surface area contributed by atoms with Crippen molar-refractivity contribution in [3.05, 3.63) is 233 Å². The first kappa shape index (κ1) is 39.3. The van der Waals surface area contributed by atoms with Gasteiger partial charge in [-0.15, -0.1) is 0 Å². The first-order chi connectivity index (χ1) is 58.4. The molecule has 0 saturated heterocycles. The number of nitrogens with zero attached hydrogens (tertiary/aromatic N) is 8. The van der Waals surface area contributed by atoms with Gasteiger partial charge in [0.15, 0.2) is 10.3 Å². The molecular weight excluding hydrogens is 1270 g/mol. The van der Waals surface area contributed by atoms with Crippen molar-refractivity contribution in [1.82, 2.24) is 38.7 Å². The summed E-state index contributed by atoms with van der Waals surface area (Å²) < 4.78 is 400. The Morgan fingerprint density at radius 1 is 0.547 bits per heavy atom. The Morgan fingerprint density at radius 3 is 1.59 bits per heavy atom. The van der Waals surface area contributed by atoms with E-state index in [9.17, 15) is 57.7 Å². The number of fused-ring (bicyclic) bond motifs is 2. The quantitative estimate of drug-likeness (QED) is 0.0295. The summed E-state index contributed by atoms with van der Waals surface area (Å²) in [4.78, 5) is 65.6. The van der Waals surface area contributed by atoms with E-state index in [1.807, 2.05) is 0 Å². The van der Waals surface area contributed by atoms with Crippen LogP contribution in [0, 0.1) is 18.6 Å². The highest BCUT2D eigenvalue weighted by Crippen LogP contribution is 2.36. The fourth-order valence-corrected chi connectivity index (χ4v) is 10.5. The Bertz CT molecular complexity index is 5720. The van der Waals surface area contributed by atoms with E-state index < -0.39 is 261 Å². The minimum atomic E-state index is -5.27. The molecule has 0 N–H and O–H groups in total. The zero-order valence-electron chi connectivity index (χ0n) is 83.8. The number of thioether (sulfide) groups is 2. The molecule has 8 aromatic rings. The average Bonchev–Trinajstić information content (AvgIpc) is 1.52. The molecule has 0 fully saturated rings. The zero-order valence-corrected chi connectivity index (χ0v) is 52.5. The lowest BCUT2D eigenvalue weighted by Crippen LogP contribution is -2.40. The van der Waals surface area contributed by atoms with E-state index in [1.165, 1.54) is 64.1 Å². The van der Waals surface area contributed by atoms with Gasteiger partial charge in [-0.1, -0.05) is 148 Å². The molecule has 95 heavy (non-hydrogen) atoms. The molecule has 0 saturated carbocycles. The molecule has 0 bridgehead atoms. The van der Waals surface area contributed by atoms with Gasteiger partial charge < -0.3 is 28.7 Å². The van der Waals surface area contributed by atoms with Gasteiger partial charge in [-0.05, 0) is 164 Å². The highest BCUT2D eigenvalue weighted by atomic mass is 32.2. The number of carbonyl (C=O) groups excluding carboxylic acids is 2. The number of hydrogen-bond donors (Lipinski definition) is 0. The Balaban J connectivity index is 0.000000292. The number of halogens is 8. The lowest BCUT2D eigenvalue weighted by molar-refractivity contribution is -0.138. The lowest BCUT2D eigenvalue weighted by Gasteiger charge is -2.28.